The van der Waals surface area contributed by atoms with E-state index in [1.807, 2.05) is 6.92 Å². The van der Waals surface area contributed by atoms with E-state index in [9.17, 15) is 13.2 Å². The second-order valence-electron chi connectivity index (χ2n) is 4.21. The maximum Gasteiger partial charge on any atom is 0.416 e. The molecule has 1 aromatic carbocycles. The lowest BCUT2D eigenvalue weighted by atomic mass is 10.1. The highest BCUT2D eigenvalue weighted by atomic mass is 32.1. The zero-order valence-electron chi connectivity index (χ0n) is 11.3. The highest BCUT2D eigenvalue weighted by Crippen LogP contribution is 2.32. The van der Waals surface area contributed by atoms with Gasteiger partial charge in [-0.25, -0.2) is 0 Å². The zero-order valence-corrected chi connectivity index (χ0v) is 12.1. The van der Waals surface area contributed by atoms with Crippen LogP contribution in [-0.2, 0) is 10.9 Å². The number of hydrogen-bond acceptors (Lipinski definition) is 3. The van der Waals surface area contributed by atoms with E-state index in [0.29, 0.717) is 25.4 Å². The van der Waals surface area contributed by atoms with Crippen LogP contribution in [0.15, 0.2) is 18.2 Å². The highest BCUT2D eigenvalue weighted by Gasteiger charge is 2.31. The number of ether oxygens (including phenoxy) is 1. The normalized spacial score (nSPS) is 11.4. The molecule has 0 aromatic heterocycles. The fraction of sp³-hybridized carbons (Fsp3) is 0.462. The van der Waals surface area contributed by atoms with Crippen molar-refractivity contribution in [3.05, 3.63) is 29.3 Å². The van der Waals surface area contributed by atoms with Crippen molar-refractivity contribution in [3.63, 3.8) is 0 Å². The fourth-order valence-corrected chi connectivity index (χ4v) is 1.87. The quantitative estimate of drug-likeness (QED) is 0.648. The van der Waals surface area contributed by atoms with Crippen LogP contribution in [0.25, 0.3) is 0 Å². The molecule has 0 unspecified atom stereocenters. The average Bonchev–Trinajstić information content (AvgIpc) is 2.37. The van der Waals surface area contributed by atoms with Gasteiger partial charge in [0.05, 0.1) is 12.2 Å². The van der Waals surface area contributed by atoms with Gasteiger partial charge in [-0.1, -0.05) is 12.2 Å². The van der Waals surface area contributed by atoms with Gasteiger partial charge in [0.1, 0.15) is 4.99 Å². The Kier molecular flexibility index (Phi) is 5.76. The van der Waals surface area contributed by atoms with E-state index in [1.165, 1.54) is 6.07 Å². The third-order valence-electron chi connectivity index (χ3n) is 2.78. The third-order valence-corrected chi connectivity index (χ3v) is 3.00. The van der Waals surface area contributed by atoms with Crippen molar-refractivity contribution in [1.29, 1.82) is 0 Å². The first-order valence-electron chi connectivity index (χ1n) is 6.07. The van der Waals surface area contributed by atoms with Crippen molar-refractivity contribution in [2.75, 3.05) is 31.7 Å². The number of alkyl halides is 3. The summed E-state index contributed by atoms with van der Waals surface area (Å²) in [4.78, 5) is 1.71. The molecule has 0 radical (unpaired) electrons. The van der Waals surface area contributed by atoms with Gasteiger partial charge in [-0.2, -0.15) is 13.2 Å². The minimum atomic E-state index is -4.41. The van der Waals surface area contributed by atoms with E-state index >= 15 is 0 Å². The summed E-state index contributed by atoms with van der Waals surface area (Å²) in [7, 11) is 1.75. The van der Waals surface area contributed by atoms with Crippen LogP contribution in [0.3, 0.4) is 0 Å². The second kappa shape index (κ2) is 6.90. The molecule has 0 heterocycles. The van der Waals surface area contributed by atoms with Gasteiger partial charge >= 0.3 is 6.18 Å². The third kappa shape index (κ3) is 4.35. The summed E-state index contributed by atoms with van der Waals surface area (Å²) in [6.45, 7) is 3.47. The minimum absolute atomic E-state index is 0.0608. The second-order valence-corrected chi connectivity index (χ2v) is 4.65. The molecule has 0 fully saturated rings. The summed E-state index contributed by atoms with van der Waals surface area (Å²) >= 11 is 4.84. The number of thiocarbonyl (C=S) groups is 1. The van der Waals surface area contributed by atoms with E-state index < -0.39 is 11.7 Å². The molecule has 2 N–H and O–H groups in total. The molecule has 0 saturated heterocycles. The van der Waals surface area contributed by atoms with Crippen LogP contribution in [0, 0.1) is 0 Å². The molecule has 0 spiro atoms. The lowest BCUT2D eigenvalue weighted by molar-refractivity contribution is -0.137. The van der Waals surface area contributed by atoms with Crippen molar-refractivity contribution >= 4 is 22.9 Å². The van der Waals surface area contributed by atoms with Gasteiger partial charge in [-0.3, -0.25) is 0 Å². The first kappa shape index (κ1) is 16.7. The molecule has 20 heavy (non-hydrogen) atoms. The molecular weight excluding hydrogens is 289 g/mol. The number of likely N-dealkylation sites (N-methyl/N-ethyl adjacent to an activating group) is 1. The van der Waals surface area contributed by atoms with E-state index in [4.69, 9.17) is 22.7 Å². The molecule has 3 nitrogen and oxygen atoms in total. The predicted octanol–water partition coefficient (Wildman–Crippen LogP) is 2.81. The van der Waals surface area contributed by atoms with Crippen LogP contribution in [0.5, 0.6) is 0 Å². The van der Waals surface area contributed by atoms with Crippen molar-refractivity contribution in [2.24, 2.45) is 5.73 Å². The number of anilines is 1. The molecule has 0 atom stereocenters. The van der Waals surface area contributed by atoms with Gasteiger partial charge in [0, 0.05) is 31.5 Å². The summed E-state index contributed by atoms with van der Waals surface area (Å²) in [5.74, 6) is 0. The molecule has 0 saturated carbocycles. The smallest absolute Gasteiger partial charge is 0.389 e. The number of hydrogen-bond donors (Lipinski definition) is 1. The standard InChI is InChI=1S/C13H17F3N2OS/c1-3-19-7-6-18(2)11-5-4-9(13(14,15)16)8-10(11)12(17)20/h4-5,8H,3,6-7H2,1-2H3,(H2,17,20). The lowest BCUT2D eigenvalue weighted by Crippen LogP contribution is -2.26. The van der Waals surface area contributed by atoms with Crippen molar-refractivity contribution in [2.45, 2.75) is 13.1 Å². The largest absolute Gasteiger partial charge is 0.416 e. The van der Waals surface area contributed by atoms with Gasteiger partial charge in [0.25, 0.3) is 0 Å². The Hall–Kier alpha value is -1.34. The SMILES string of the molecule is CCOCCN(C)c1ccc(C(F)(F)F)cc1C(N)=S. The maximum atomic E-state index is 12.7. The zero-order chi connectivity index (χ0) is 15.3. The lowest BCUT2D eigenvalue weighted by Gasteiger charge is -2.23. The molecule has 7 heteroatoms. The Morgan fingerprint density at radius 3 is 2.55 bits per heavy atom. The van der Waals surface area contributed by atoms with Gasteiger partial charge in [0.2, 0.25) is 0 Å². The van der Waals surface area contributed by atoms with Crippen LogP contribution in [0.2, 0.25) is 0 Å². The van der Waals surface area contributed by atoms with E-state index in [2.05, 4.69) is 0 Å². The molecule has 0 amide bonds. The van der Waals surface area contributed by atoms with Crippen LogP contribution >= 0.6 is 12.2 Å². The number of rotatable bonds is 6. The predicted molar refractivity (Wildman–Crippen MR) is 77.1 cm³/mol. The van der Waals surface area contributed by atoms with Crippen LogP contribution in [-0.4, -0.2) is 31.8 Å². The molecule has 0 aliphatic carbocycles. The highest BCUT2D eigenvalue weighted by molar-refractivity contribution is 7.80. The Balaban J connectivity index is 3.04. The van der Waals surface area contributed by atoms with Crippen molar-refractivity contribution in [1.82, 2.24) is 0 Å². The average molecular weight is 306 g/mol. The molecule has 0 aliphatic heterocycles. The Morgan fingerprint density at radius 2 is 2.05 bits per heavy atom. The summed E-state index contributed by atoms with van der Waals surface area (Å²) in [5, 5.41) is 0. The molecule has 0 bridgehead atoms. The van der Waals surface area contributed by atoms with Crippen LogP contribution in [0.1, 0.15) is 18.1 Å². The van der Waals surface area contributed by atoms with Crippen LogP contribution < -0.4 is 10.6 Å². The Morgan fingerprint density at radius 1 is 1.40 bits per heavy atom. The Labute approximate surface area is 121 Å². The van der Waals surface area contributed by atoms with E-state index in [1.54, 1.807) is 11.9 Å². The minimum Gasteiger partial charge on any atom is -0.389 e. The van der Waals surface area contributed by atoms with Crippen molar-refractivity contribution < 1.29 is 17.9 Å². The number of nitrogens with zero attached hydrogens (tertiary/aromatic N) is 1. The molecule has 1 rings (SSSR count). The molecular formula is C13H17F3N2OS. The van der Waals surface area contributed by atoms with E-state index in [0.717, 1.165) is 12.1 Å². The molecule has 1 aromatic rings. The van der Waals surface area contributed by atoms with E-state index in [-0.39, 0.29) is 10.6 Å². The fourth-order valence-electron chi connectivity index (χ4n) is 1.71. The molecule has 0 aliphatic rings. The van der Waals surface area contributed by atoms with Gasteiger partial charge in [-0.15, -0.1) is 0 Å². The Bertz CT molecular complexity index is 477. The summed E-state index contributed by atoms with van der Waals surface area (Å²) < 4.78 is 43.3. The first-order chi connectivity index (χ1) is 9.27. The summed E-state index contributed by atoms with van der Waals surface area (Å²) in [6, 6.07) is 3.38. The first-order valence-corrected chi connectivity index (χ1v) is 6.48. The topological polar surface area (TPSA) is 38.5 Å². The van der Waals surface area contributed by atoms with Crippen LogP contribution in [0.4, 0.5) is 18.9 Å². The summed E-state index contributed by atoms with van der Waals surface area (Å²) in [5.41, 5.74) is 5.54. The van der Waals surface area contributed by atoms with Gasteiger partial charge in [-0.05, 0) is 25.1 Å². The van der Waals surface area contributed by atoms with Gasteiger partial charge < -0.3 is 15.4 Å². The molecule has 112 valence electrons. The maximum absolute atomic E-state index is 12.7. The number of benzene rings is 1. The summed E-state index contributed by atoms with van der Waals surface area (Å²) in [6.07, 6.45) is -4.41. The van der Waals surface area contributed by atoms with Gasteiger partial charge in [0.15, 0.2) is 0 Å². The number of halogens is 3. The van der Waals surface area contributed by atoms with Crippen molar-refractivity contribution in [3.8, 4) is 0 Å². The number of nitrogens with two attached hydrogens (primary N) is 1. The monoisotopic (exact) mass is 306 g/mol.